The van der Waals surface area contributed by atoms with E-state index in [1.807, 2.05) is 32.0 Å². The highest BCUT2D eigenvalue weighted by Crippen LogP contribution is 2.12. The van der Waals surface area contributed by atoms with Crippen molar-refractivity contribution in [2.24, 2.45) is 0 Å². The van der Waals surface area contributed by atoms with Gasteiger partial charge in [0.15, 0.2) is 0 Å². The zero-order valence-electron chi connectivity index (χ0n) is 8.66. The second-order valence-electron chi connectivity index (χ2n) is 3.48. The van der Waals surface area contributed by atoms with Crippen molar-refractivity contribution in [3.8, 4) is 0 Å². The Bertz CT molecular complexity index is 389. The van der Waals surface area contributed by atoms with Gasteiger partial charge in [-0.2, -0.15) is 0 Å². The summed E-state index contributed by atoms with van der Waals surface area (Å²) in [6, 6.07) is 5.91. The highest BCUT2D eigenvalue weighted by atomic mass is 16.4. The predicted octanol–water partition coefficient (Wildman–Crippen LogP) is 2.79. The lowest BCUT2D eigenvalue weighted by molar-refractivity contribution is -0.132. The highest BCUT2D eigenvalue weighted by molar-refractivity contribution is 5.91. The second-order valence-corrected chi connectivity index (χ2v) is 3.48. The van der Waals surface area contributed by atoms with E-state index in [1.165, 1.54) is 11.1 Å². The molecule has 0 aliphatic rings. The van der Waals surface area contributed by atoms with Gasteiger partial charge in [0.2, 0.25) is 0 Å². The molecule has 0 bridgehead atoms. The molecule has 1 N–H and O–H groups in total. The average Bonchev–Trinajstić information content (AvgIpc) is 2.11. The van der Waals surface area contributed by atoms with E-state index in [2.05, 4.69) is 0 Å². The first kappa shape index (κ1) is 10.5. The quantitative estimate of drug-likeness (QED) is 0.728. The van der Waals surface area contributed by atoms with Crippen molar-refractivity contribution in [1.29, 1.82) is 0 Å². The fraction of sp³-hybridized carbons (Fsp3) is 0.250. The molecule has 14 heavy (non-hydrogen) atoms. The Hall–Kier alpha value is -1.57. The molecule has 0 unspecified atom stereocenters. The topological polar surface area (TPSA) is 37.3 Å². The van der Waals surface area contributed by atoms with E-state index in [0.29, 0.717) is 5.57 Å². The first-order chi connectivity index (χ1) is 6.50. The Labute approximate surface area is 83.9 Å². The van der Waals surface area contributed by atoms with Crippen LogP contribution in [-0.4, -0.2) is 11.1 Å². The van der Waals surface area contributed by atoms with Gasteiger partial charge in [0.1, 0.15) is 0 Å². The maximum absolute atomic E-state index is 10.6. The van der Waals surface area contributed by atoms with Crippen LogP contribution >= 0.6 is 0 Å². The molecule has 0 aromatic heterocycles. The van der Waals surface area contributed by atoms with Gasteiger partial charge in [-0.3, -0.25) is 0 Å². The van der Waals surface area contributed by atoms with E-state index >= 15 is 0 Å². The fourth-order valence-corrected chi connectivity index (χ4v) is 1.17. The SMILES string of the molecule is CC(=Cc1ccc(C)c(C)c1)C(=O)O. The molecule has 2 heteroatoms. The van der Waals surface area contributed by atoms with Gasteiger partial charge in [0.05, 0.1) is 0 Å². The summed E-state index contributed by atoms with van der Waals surface area (Å²) in [5.74, 6) is -0.872. The Morgan fingerprint density at radius 1 is 1.29 bits per heavy atom. The number of carboxylic acid groups (broad SMARTS) is 1. The van der Waals surface area contributed by atoms with E-state index in [-0.39, 0.29) is 0 Å². The lowest BCUT2D eigenvalue weighted by Crippen LogP contribution is -1.95. The highest BCUT2D eigenvalue weighted by Gasteiger charge is 2.00. The molecule has 74 valence electrons. The smallest absolute Gasteiger partial charge is 0.331 e. The summed E-state index contributed by atoms with van der Waals surface area (Å²) in [6.45, 7) is 5.65. The zero-order valence-corrected chi connectivity index (χ0v) is 8.66. The molecule has 0 heterocycles. The van der Waals surface area contributed by atoms with Crippen LogP contribution in [0.3, 0.4) is 0 Å². The second kappa shape index (κ2) is 4.09. The number of carbonyl (C=O) groups is 1. The van der Waals surface area contributed by atoms with Crippen molar-refractivity contribution < 1.29 is 9.90 Å². The number of hydrogen-bond donors (Lipinski definition) is 1. The van der Waals surface area contributed by atoms with Gasteiger partial charge in [-0.15, -0.1) is 0 Å². The van der Waals surface area contributed by atoms with Crippen LogP contribution in [0.4, 0.5) is 0 Å². The number of rotatable bonds is 2. The summed E-state index contributed by atoms with van der Waals surface area (Å²) < 4.78 is 0. The number of aryl methyl sites for hydroxylation is 2. The monoisotopic (exact) mass is 190 g/mol. The molecule has 0 aliphatic carbocycles. The summed E-state index contributed by atoms with van der Waals surface area (Å²) in [7, 11) is 0. The Balaban J connectivity index is 3.04. The maximum atomic E-state index is 10.6. The predicted molar refractivity (Wildman–Crippen MR) is 57.2 cm³/mol. The minimum absolute atomic E-state index is 0.355. The molecule has 0 fully saturated rings. The molecule has 1 aromatic carbocycles. The van der Waals surface area contributed by atoms with Crippen molar-refractivity contribution in [3.63, 3.8) is 0 Å². The maximum Gasteiger partial charge on any atom is 0.331 e. The standard InChI is InChI=1S/C12H14O2/c1-8-4-5-11(6-9(8)2)7-10(3)12(13)14/h4-7H,1-3H3,(H,13,14). The van der Waals surface area contributed by atoms with Crippen molar-refractivity contribution >= 4 is 12.0 Å². The molecular weight excluding hydrogens is 176 g/mol. The van der Waals surface area contributed by atoms with Crippen LogP contribution in [0.15, 0.2) is 23.8 Å². The van der Waals surface area contributed by atoms with Crippen LogP contribution in [0.1, 0.15) is 23.6 Å². The lowest BCUT2D eigenvalue weighted by Gasteiger charge is -2.01. The van der Waals surface area contributed by atoms with Crippen LogP contribution < -0.4 is 0 Å². The molecule has 0 amide bonds. The van der Waals surface area contributed by atoms with E-state index in [9.17, 15) is 4.79 Å². The van der Waals surface area contributed by atoms with Gasteiger partial charge in [-0.1, -0.05) is 18.2 Å². The van der Waals surface area contributed by atoms with Gasteiger partial charge >= 0.3 is 5.97 Å². The van der Waals surface area contributed by atoms with Crippen molar-refractivity contribution in [2.45, 2.75) is 20.8 Å². The van der Waals surface area contributed by atoms with E-state index < -0.39 is 5.97 Å². The van der Waals surface area contributed by atoms with E-state index in [1.54, 1.807) is 13.0 Å². The zero-order chi connectivity index (χ0) is 10.7. The summed E-state index contributed by atoms with van der Waals surface area (Å²) in [5.41, 5.74) is 3.69. The molecule has 2 nitrogen and oxygen atoms in total. The first-order valence-electron chi connectivity index (χ1n) is 4.49. The third-order valence-electron chi connectivity index (χ3n) is 2.25. The summed E-state index contributed by atoms with van der Waals surface area (Å²) in [4.78, 5) is 10.6. The normalized spacial score (nSPS) is 11.5. The van der Waals surface area contributed by atoms with Crippen LogP contribution in [0.25, 0.3) is 6.08 Å². The van der Waals surface area contributed by atoms with Crippen LogP contribution in [-0.2, 0) is 4.79 Å². The summed E-state index contributed by atoms with van der Waals surface area (Å²) in [5, 5.41) is 8.70. The Morgan fingerprint density at radius 3 is 2.43 bits per heavy atom. The number of hydrogen-bond acceptors (Lipinski definition) is 1. The third-order valence-corrected chi connectivity index (χ3v) is 2.25. The van der Waals surface area contributed by atoms with Crippen molar-refractivity contribution in [2.75, 3.05) is 0 Å². The van der Waals surface area contributed by atoms with E-state index in [4.69, 9.17) is 5.11 Å². The van der Waals surface area contributed by atoms with Gasteiger partial charge in [-0.25, -0.2) is 4.79 Å². The lowest BCUT2D eigenvalue weighted by atomic mass is 10.0. The molecule has 0 saturated heterocycles. The van der Waals surface area contributed by atoms with Crippen LogP contribution in [0.5, 0.6) is 0 Å². The van der Waals surface area contributed by atoms with Gasteiger partial charge in [0.25, 0.3) is 0 Å². The molecule has 0 radical (unpaired) electrons. The molecule has 0 aliphatic heterocycles. The number of aliphatic carboxylic acids is 1. The molecular formula is C12H14O2. The van der Waals surface area contributed by atoms with Gasteiger partial charge in [0, 0.05) is 5.57 Å². The Kier molecular flexibility index (Phi) is 3.07. The van der Waals surface area contributed by atoms with E-state index in [0.717, 1.165) is 5.56 Å². The molecule has 1 aromatic rings. The molecule has 1 rings (SSSR count). The van der Waals surface area contributed by atoms with Gasteiger partial charge in [-0.05, 0) is 43.5 Å². The Morgan fingerprint density at radius 2 is 1.93 bits per heavy atom. The van der Waals surface area contributed by atoms with Crippen molar-refractivity contribution in [1.82, 2.24) is 0 Å². The number of carboxylic acids is 1. The minimum Gasteiger partial charge on any atom is -0.478 e. The van der Waals surface area contributed by atoms with Gasteiger partial charge < -0.3 is 5.11 Å². The summed E-state index contributed by atoms with van der Waals surface area (Å²) >= 11 is 0. The van der Waals surface area contributed by atoms with Crippen LogP contribution in [0.2, 0.25) is 0 Å². The third kappa shape index (κ3) is 2.46. The molecule has 0 atom stereocenters. The first-order valence-corrected chi connectivity index (χ1v) is 4.49. The van der Waals surface area contributed by atoms with Crippen LogP contribution in [0, 0.1) is 13.8 Å². The fourth-order valence-electron chi connectivity index (χ4n) is 1.17. The largest absolute Gasteiger partial charge is 0.478 e. The average molecular weight is 190 g/mol. The molecule has 0 spiro atoms. The number of benzene rings is 1. The molecule has 0 saturated carbocycles. The minimum atomic E-state index is -0.872. The van der Waals surface area contributed by atoms with Crippen molar-refractivity contribution in [3.05, 3.63) is 40.5 Å². The summed E-state index contributed by atoms with van der Waals surface area (Å²) in [6.07, 6.45) is 1.68.